The van der Waals surface area contributed by atoms with E-state index in [4.69, 9.17) is 22.6 Å². The fourth-order valence-corrected chi connectivity index (χ4v) is 4.46. The zero-order chi connectivity index (χ0) is 28.2. The molecule has 7 rings (SSSR count). The van der Waals surface area contributed by atoms with E-state index in [1.165, 1.54) is 6.20 Å². The Morgan fingerprint density at radius 3 is 1.88 bits per heavy atom. The van der Waals surface area contributed by atoms with E-state index in [1.807, 2.05) is 72.8 Å². The first-order valence-corrected chi connectivity index (χ1v) is 12.9. The van der Waals surface area contributed by atoms with Gasteiger partial charge in [0, 0.05) is 28.3 Å². The van der Waals surface area contributed by atoms with Gasteiger partial charge in [-0.15, -0.1) is 0 Å². The van der Waals surface area contributed by atoms with Gasteiger partial charge in [-0.25, -0.2) is 9.97 Å². The molecule has 3 aromatic heterocycles. The van der Waals surface area contributed by atoms with Crippen LogP contribution in [0.1, 0.15) is 5.56 Å². The van der Waals surface area contributed by atoms with Crippen molar-refractivity contribution in [2.75, 3.05) is 16.4 Å². The van der Waals surface area contributed by atoms with E-state index in [1.54, 1.807) is 6.20 Å². The van der Waals surface area contributed by atoms with Crippen molar-refractivity contribution >= 4 is 73.3 Å². The Morgan fingerprint density at radius 1 is 0.707 bits per heavy atom. The molecule has 0 amide bonds. The third-order valence-corrected chi connectivity index (χ3v) is 6.56. The van der Waals surface area contributed by atoms with Crippen LogP contribution in [0.15, 0.2) is 97.3 Å². The maximum absolute atomic E-state index is 8.81. The molecule has 7 aromatic rings. The van der Waals surface area contributed by atoms with Crippen LogP contribution in [-0.2, 0) is 0 Å². The predicted octanol–water partition coefficient (Wildman–Crippen LogP) is 6.73. The van der Waals surface area contributed by atoms with Gasteiger partial charge in [-0.1, -0.05) is 84.4 Å². The average Bonchev–Trinajstić information content (AvgIpc) is 3.38. The van der Waals surface area contributed by atoms with E-state index in [9.17, 15) is 0 Å². The summed E-state index contributed by atoms with van der Waals surface area (Å²) in [5.41, 5.74) is 8.39. The Morgan fingerprint density at radius 2 is 1.27 bits per heavy atom. The number of nitrogens with two attached hydrogens (primary N) is 1. The number of aromatic nitrogens is 6. The second-order valence-corrected chi connectivity index (χ2v) is 9.24. The first-order valence-electron chi connectivity index (χ1n) is 12.5. The third kappa shape index (κ3) is 5.38. The molecule has 41 heavy (non-hydrogen) atoms. The molecular formula is C30H21ClN10. The lowest BCUT2D eigenvalue weighted by Gasteiger charge is -2.08. The number of aromatic amines is 1. The average molecular weight is 557 g/mol. The number of nitriles is 1. The smallest absolute Gasteiger partial charge is 0.229 e. The Bertz CT molecular complexity index is 2050. The van der Waals surface area contributed by atoms with Gasteiger partial charge in [0.2, 0.25) is 11.9 Å². The maximum atomic E-state index is 8.81. The summed E-state index contributed by atoms with van der Waals surface area (Å²) in [7, 11) is 0. The molecule has 0 radical (unpaired) electrons. The second kappa shape index (κ2) is 11.1. The molecule has 0 aliphatic heterocycles. The summed E-state index contributed by atoms with van der Waals surface area (Å²) in [6.45, 7) is 0. The normalized spacial score (nSPS) is 10.6. The molecule has 0 bridgehead atoms. The summed E-state index contributed by atoms with van der Waals surface area (Å²) in [6.07, 6.45) is 3.07. The molecule has 0 spiro atoms. The lowest BCUT2D eigenvalue weighted by atomic mass is 10.1. The highest BCUT2D eigenvalue weighted by Crippen LogP contribution is 2.27. The third-order valence-electron chi connectivity index (χ3n) is 6.28. The molecule has 0 saturated heterocycles. The number of hydrogen-bond donors (Lipinski definition) is 4. The number of nitrogen functional groups attached to an aromatic ring is 1. The van der Waals surface area contributed by atoms with Crippen LogP contribution in [0.25, 0.3) is 32.6 Å². The summed E-state index contributed by atoms with van der Waals surface area (Å²) < 4.78 is 0. The highest BCUT2D eigenvalue weighted by molar-refractivity contribution is 6.30. The van der Waals surface area contributed by atoms with Crippen LogP contribution in [0.3, 0.4) is 0 Å². The van der Waals surface area contributed by atoms with Gasteiger partial charge >= 0.3 is 0 Å². The quantitative estimate of drug-likeness (QED) is 0.173. The molecule has 10 nitrogen and oxygen atoms in total. The first kappa shape index (κ1) is 25.5. The molecule has 0 aliphatic rings. The second-order valence-electron chi connectivity index (χ2n) is 8.88. The zero-order valence-electron chi connectivity index (χ0n) is 21.4. The van der Waals surface area contributed by atoms with Gasteiger partial charge < -0.3 is 16.4 Å². The number of fused-ring (bicyclic) bond motifs is 3. The standard InChI is InChI=1S/C15H9ClN4.C15H12N6/c16-14-11(8-17)9-18-15(20-14)19-13-7-3-5-10-4-1-2-6-12(10)13;16-13-11-8-17-15(19-14(11)21-20-13)18-12-7-3-5-9-4-1-2-6-10(9)12/h1-7,9H,(H,18,19,20);1-8H,(H4,16,17,18,19,20,21). The molecule has 0 saturated carbocycles. The van der Waals surface area contributed by atoms with Gasteiger partial charge in [0.05, 0.1) is 11.6 Å². The van der Waals surface area contributed by atoms with Crippen molar-refractivity contribution in [3.8, 4) is 6.07 Å². The van der Waals surface area contributed by atoms with E-state index < -0.39 is 0 Å². The molecule has 3 heterocycles. The topological polar surface area (TPSA) is 154 Å². The van der Waals surface area contributed by atoms with Crippen LogP contribution in [-0.4, -0.2) is 30.1 Å². The van der Waals surface area contributed by atoms with Gasteiger partial charge in [0.25, 0.3) is 0 Å². The number of benzene rings is 4. The number of hydrogen-bond acceptors (Lipinski definition) is 9. The minimum Gasteiger partial charge on any atom is -0.383 e. The Balaban J connectivity index is 0.000000148. The van der Waals surface area contributed by atoms with Crippen LogP contribution in [0.2, 0.25) is 5.15 Å². The van der Waals surface area contributed by atoms with Crippen molar-refractivity contribution in [2.45, 2.75) is 0 Å². The van der Waals surface area contributed by atoms with Gasteiger partial charge in [0.15, 0.2) is 10.8 Å². The molecule has 198 valence electrons. The Hall–Kier alpha value is -5.79. The van der Waals surface area contributed by atoms with Crippen LogP contribution in [0.5, 0.6) is 0 Å². The van der Waals surface area contributed by atoms with E-state index in [0.29, 0.717) is 23.4 Å². The minimum absolute atomic E-state index is 0.144. The number of H-pyrrole nitrogens is 1. The summed E-state index contributed by atoms with van der Waals surface area (Å²) in [5, 5.41) is 27.2. The fourth-order valence-electron chi connectivity index (χ4n) is 4.29. The van der Waals surface area contributed by atoms with Gasteiger partial charge in [-0.2, -0.15) is 20.3 Å². The maximum Gasteiger partial charge on any atom is 0.229 e. The Kier molecular flexibility index (Phi) is 6.92. The molecule has 0 atom stereocenters. The largest absolute Gasteiger partial charge is 0.383 e. The van der Waals surface area contributed by atoms with E-state index in [-0.39, 0.29) is 10.7 Å². The fraction of sp³-hybridized carbons (Fsp3) is 0. The molecule has 5 N–H and O–H groups in total. The molecule has 0 fully saturated rings. The summed E-state index contributed by atoms with van der Waals surface area (Å²) in [4.78, 5) is 16.8. The molecule has 0 aliphatic carbocycles. The van der Waals surface area contributed by atoms with Gasteiger partial charge in [-0.3, -0.25) is 5.10 Å². The van der Waals surface area contributed by atoms with Gasteiger partial charge in [-0.05, 0) is 22.9 Å². The zero-order valence-corrected chi connectivity index (χ0v) is 22.1. The minimum atomic E-state index is 0.144. The summed E-state index contributed by atoms with van der Waals surface area (Å²) in [5.74, 6) is 1.33. The number of halogens is 1. The molecule has 4 aromatic carbocycles. The Labute approximate surface area is 238 Å². The van der Waals surface area contributed by atoms with Crippen molar-refractivity contribution in [3.05, 3.63) is 108 Å². The molecule has 0 unspecified atom stereocenters. The monoisotopic (exact) mass is 556 g/mol. The SMILES string of the molecule is N#Cc1cnc(Nc2cccc3ccccc23)nc1Cl.Nc1[nH]nc2nc(Nc3cccc4ccccc34)ncc12. The predicted molar refractivity (Wildman–Crippen MR) is 162 cm³/mol. The van der Waals surface area contributed by atoms with Gasteiger partial charge in [0.1, 0.15) is 17.5 Å². The number of nitrogens with zero attached hydrogens (tertiary/aromatic N) is 6. The summed E-state index contributed by atoms with van der Waals surface area (Å²) in [6, 6.07) is 30.1. The van der Waals surface area contributed by atoms with Crippen molar-refractivity contribution in [3.63, 3.8) is 0 Å². The van der Waals surface area contributed by atoms with Crippen molar-refractivity contribution in [1.29, 1.82) is 5.26 Å². The van der Waals surface area contributed by atoms with E-state index >= 15 is 0 Å². The lowest BCUT2D eigenvalue weighted by Crippen LogP contribution is -1.98. The van der Waals surface area contributed by atoms with Crippen molar-refractivity contribution < 1.29 is 0 Å². The van der Waals surface area contributed by atoms with E-state index in [2.05, 4.69) is 59.0 Å². The van der Waals surface area contributed by atoms with Crippen LogP contribution in [0, 0.1) is 11.3 Å². The molecular weight excluding hydrogens is 536 g/mol. The van der Waals surface area contributed by atoms with Crippen LogP contribution in [0.4, 0.5) is 29.1 Å². The van der Waals surface area contributed by atoms with Crippen LogP contribution >= 0.6 is 11.6 Å². The van der Waals surface area contributed by atoms with Crippen molar-refractivity contribution in [2.24, 2.45) is 0 Å². The number of rotatable bonds is 4. The highest BCUT2D eigenvalue weighted by Gasteiger charge is 2.08. The van der Waals surface area contributed by atoms with Crippen LogP contribution < -0.4 is 16.4 Å². The highest BCUT2D eigenvalue weighted by atomic mass is 35.5. The number of anilines is 5. The summed E-state index contributed by atoms with van der Waals surface area (Å²) >= 11 is 5.90. The van der Waals surface area contributed by atoms with E-state index in [0.717, 1.165) is 38.3 Å². The molecule has 11 heteroatoms. The van der Waals surface area contributed by atoms with Crippen molar-refractivity contribution in [1.82, 2.24) is 30.1 Å². The first-order chi connectivity index (χ1) is 20.1. The number of nitrogens with one attached hydrogen (secondary N) is 3. The lowest BCUT2D eigenvalue weighted by molar-refractivity contribution is 1.10.